The normalized spacial score (nSPS) is 30.1. The van der Waals surface area contributed by atoms with Crippen LogP contribution in [0.1, 0.15) is 46.5 Å². The Morgan fingerprint density at radius 1 is 1.31 bits per heavy atom. The molecule has 0 aliphatic heterocycles. The molecule has 3 atom stereocenters. The minimum Gasteiger partial charge on any atom is -0.343 e. The fraction of sp³-hybridized carbons (Fsp3) is 0.923. The smallest absolute Gasteiger partial charge is 0.225 e. The molecule has 2 N–H and O–H groups in total. The van der Waals surface area contributed by atoms with E-state index < -0.39 is 0 Å². The lowest BCUT2D eigenvalue weighted by atomic mass is 9.79. The molecule has 0 spiro atoms. The third-order valence-electron chi connectivity index (χ3n) is 3.52. The lowest BCUT2D eigenvalue weighted by molar-refractivity contribution is -0.137. The second-order valence-corrected chi connectivity index (χ2v) is 5.19. The van der Waals surface area contributed by atoms with Crippen molar-refractivity contribution in [3.63, 3.8) is 0 Å². The number of amides is 1. The Balaban J connectivity index is 2.57. The number of rotatable bonds is 4. The van der Waals surface area contributed by atoms with E-state index in [4.69, 9.17) is 5.73 Å². The van der Waals surface area contributed by atoms with Crippen LogP contribution in [0.15, 0.2) is 0 Å². The van der Waals surface area contributed by atoms with Gasteiger partial charge in [0.25, 0.3) is 0 Å². The molecular formula is C13H26N2O. The first-order chi connectivity index (χ1) is 7.58. The Morgan fingerprint density at radius 2 is 2.00 bits per heavy atom. The maximum absolute atomic E-state index is 12.3. The standard InChI is InChI=1S/C13H26N2O/c1-4-6-15(5-2)13(16)11-7-10(3)8-12(14)9-11/h10-12H,4-9,14H2,1-3H3. The van der Waals surface area contributed by atoms with Crippen LogP contribution in [-0.2, 0) is 4.79 Å². The second-order valence-electron chi connectivity index (χ2n) is 5.19. The molecule has 3 nitrogen and oxygen atoms in total. The van der Waals surface area contributed by atoms with Gasteiger partial charge in [0.05, 0.1) is 0 Å². The lowest BCUT2D eigenvalue weighted by Crippen LogP contribution is -2.42. The first-order valence-corrected chi connectivity index (χ1v) is 6.62. The molecule has 94 valence electrons. The minimum atomic E-state index is 0.172. The predicted molar refractivity (Wildman–Crippen MR) is 67.0 cm³/mol. The van der Waals surface area contributed by atoms with E-state index in [2.05, 4.69) is 20.8 Å². The second kappa shape index (κ2) is 6.24. The number of hydrogen-bond donors (Lipinski definition) is 1. The minimum absolute atomic E-state index is 0.172. The van der Waals surface area contributed by atoms with E-state index in [1.54, 1.807) is 0 Å². The fourth-order valence-corrected chi connectivity index (χ4v) is 2.81. The zero-order valence-corrected chi connectivity index (χ0v) is 10.9. The summed E-state index contributed by atoms with van der Waals surface area (Å²) >= 11 is 0. The molecule has 0 aromatic rings. The number of hydrogen-bond acceptors (Lipinski definition) is 2. The maximum Gasteiger partial charge on any atom is 0.225 e. The molecule has 1 amide bonds. The molecular weight excluding hydrogens is 200 g/mol. The van der Waals surface area contributed by atoms with Crippen molar-refractivity contribution in [3.05, 3.63) is 0 Å². The number of carbonyl (C=O) groups excluding carboxylic acids is 1. The zero-order chi connectivity index (χ0) is 12.1. The van der Waals surface area contributed by atoms with Crippen molar-refractivity contribution in [1.82, 2.24) is 4.90 Å². The van der Waals surface area contributed by atoms with Crippen LogP contribution in [0.4, 0.5) is 0 Å². The molecule has 0 heterocycles. The Bertz CT molecular complexity index is 220. The largest absolute Gasteiger partial charge is 0.343 e. The summed E-state index contributed by atoms with van der Waals surface area (Å²) in [5, 5.41) is 0. The molecule has 1 saturated carbocycles. The van der Waals surface area contributed by atoms with E-state index in [9.17, 15) is 4.79 Å². The highest BCUT2D eigenvalue weighted by Gasteiger charge is 2.31. The fourth-order valence-electron chi connectivity index (χ4n) is 2.81. The van der Waals surface area contributed by atoms with Gasteiger partial charge in [-0.2, -0.15) is 0 Å². The van der Waals surface area contributed by atoms with Crippen LogP contribution in [0.3, 0.4) is 0 Å². The SMILES string of the molecule is CCCN(CC)C(=O)C1CC(C)CC(N)C1. The first kappa shape index (κ1) is 13.5. The van der Waals surface area contributed by atoms with Crippen molar-refractivity contribution in [2.24, 2.45) is 17.6 Å². The van der Waals surface area contributed by atoms with Crippen LogP contribution >= 0.6 is 0 Å². The molecule has 3 heteroatoms. The van der Waals surface area contributed by atoms with Crippen molar-refractivity contribution in [2.75, 3.05) is 13.1 Å². The Hall–Kier alpha value is -0.570. The van der Waals surface area contributed by atoms with E-state index in [0.717, 1.165) is 38.8 Å². The maximum atomic E-state index is 12.3. The molecule has 1 rings (SSSR count). The lowest BCUT2D eigenvalue weighted by Gasteiger charge is -2.33. The predicted octanol–water partition coefficient (Wildman–Crippen LogP) is 2.01. The van der Waals surface area contributed by atoms with Gasteiger partial charge in [0.2, 0.25) is 5.91 Å². The third-order valence-corrected chi connectivity index (χ3v) is 3.52. The van der Waals surface area contributed by atoms with Crippen molar-refractivity contribution < 1.29 is 4.79 Å². The third kappa shape index (κ3) is 3.48. The average Bonchev–Trinajstić information content (AvgIpc) is 2.23. The Kier molecular flexibility index (Phi) is 5.26. The van der Waals surface area contributed by atoms with Crippen LogP contribution < -0.4 is 5.73 Å². The molecule has 1 aliphatic rings. The summed E-state index contributed by atoms with van der Waals surface area (Å²) in [7, 11) is 0. The van der Waals surface area contributed by atoms with E-state index in [0.29, 0.717) is 11.8 Å². The highest BCUT2D eigenvalue weighted by Crippen LogP contribution is 2.29. The summed E-state index contributed by atoms with van der Waals surface area (Å²) in [4.78, 5) is 14.3. The van der Waals surface area contributed by atoms with Gasteiger partial charge in [-0.05, 0) is 38.5 Å². The molecule has 0 radical (unpaired) electrons. The van der Waals surface area contributed by atoms with Crippen molar-refractivity contribution >= 4 is 5.91 Å². The van der Waals surface area contributed by atoms with Crippen LogP contribution in [0, 0.1) is 11.8 Å². The monoisotopic (exact) mass is 226 g/mol. The number of carbonyl (C=O) groups is 1. The summed E-state index contributed by atoms with van der Waals surface area (Å²) in [6.45, 7) is 8.09. The molecule has 0 bridgehead atoms. The number of nitrogens with two attached hydrogens (primary N) is 1. The first-order valence-electron chi connectivity index (χ1n) is 6.62. The van der Waals surface area contributed by atoms with Gasteiger partial charge < -0.3 is 10.6 Å². The summed E-state index contributed by atoms with van der Waals surface area (Å²) in [6, 6.07) is 0.220. The molecule has 1 aliphatic carbocycles. The van der Waals surface area contributed by atoms with Crippen molar-refractivity contribution in [3.8, 4) is 0 Å². The van der Waals surface area contributed by atoms with Gasteiger partial charge in [0.1, 0.15) is 0 Å². The van der Waals surface area contributed by atoms with Crippen LogP contribution in [-0.4, -0.2) is 29.9 Å². The average molecular weight is 226 g/mol. The molecule has 1 fully saturated rings. The van der Waals surface area contributed by atoms with Gasteiger partial charge in [-0.25, -0.2) is 0 Å². The topological polar surface area (TPSA) is 46.3 Å². The zero-order valence-electron chi connectivity index (χ0n) is 10.9. The summed E-state index contributed by atoms with van der Waals surface area (Å²) < 4.78 is 0. The molecule has 0 aromatic carbocycles. The van der Waals surface area contributed by atoms with Gasteiger partial charge in [-0.1, -0.05) is 13.8 Å². The molecule has 0 aromatic heterocycles. The Labute approximate surface area is 99.4 Å². The van der Waals surface area contributed by atoms with E-state index >= 15 is 0 Å². The summed E-state index contributed by atoms with van der Waals surface area (Å²) in [5.74, 6) is 1.09. The van der Waals surface area contributed by atoms with Gasteiger partial charge in [-0.15, -0.1) is 0 Å². The van der Waals surface area contributed by atoms with E-state index in [1.807, 2.05) is 4.90 Å². The Morgan fingerprint density at radius 3 is 2.50 bits per heavy atom. The van der Waals surface area contributed by atoms with Gasteiger partial charge >= 0.3 is 0 Å². The van der Waals surface area contributed by atoms with Gasteiger partial charge in [0, 0.05) is 25.0 Å². The molecule has 3 unspecified atom stereocenters. The van der Waals surface area contributed by atoms with Crippen LogP contribution in [0.2, 0.25) is 0 Å². The van der Waals surface area contributed by atoms with E-state index in [-0.39, 0.29) is 12.0 Å². The van der Waals surface area contributed by atoms with E-state index in [1.165, 1.54) is 0 Å². The summed E-state index contributed by atoms with van der Waals surface area (Å²) in [5.41, 5.74) is 6.00. The highest BCUT2D eigenvalue weighted by atomic mass is 16.2. The highest BCUT2D eigenvalue weighted by molar-refractivity contribution is 5.79. The van der Waals surface area contributed by atoms with Crippen molar-refractivity contribution in [1.29, 1.82) is 0 Å². The van der Waals surface area contributed by atoms with Crippen molar-refractivity contribution in [2.45, 2.75) is 52.5 Å². The molecule has 16 heavy (non-hydrogen) atoms. The quantitative estimate of drug-likeness (QED) is 0.797. The van der Waals surface area contributed by atoms with Crippen LogP contribution in [0.5, 0.6) is 0 Å². The van der Waals surface area contributed by atoms with Crippen LogP contribution in [0.25, 0.3) is 0 Å². The summed E-state index contributed by atoms with van der Waals surface area (Å²) in [6.07, 6.45) is 4.01. The molecule has 0 saturated heterocycles. The van der Waals surface area contributed by atoms with Gasteiger partial charge in [-0.3, -0.25) is 4.79 Å². The number of nitrogens with zero attached hydrogens (tertiary/aromatic N) is 1. The van der Waals surface area contributed by atoms with Gasteiger partial charge in [0.15, 0.2) is 0 Å².